The Bertz CT molecular complexity index is 348. The first-order valence-corrected chi connectivity index (χ1v) is 6.94. The smallest absolute Gasteiger partial charge is 0.113 e. The van der Waals surface area contributed by atoms with E-state index >= 15 is 0 Å². The predicted octanol–water partition coefficient (Wildman–Crippen LogP) is 1.81. The molecular formula is C12H19N3S. The molecule has 3 nitrogen and oxygen atoms in total. The second-order valence-corrected chi connectivity index (χ2v) is 6.02. The summed E-state index contributed by atoms with van der Waals surface area (Å²) in [7, 11) is 4.37. The van der Waals surface area contributed by atoms with Gasteiger partial charge in [-0.2, -0.15) is 0 Å². The van der Waals surface area contributed by atoms with Crippen molar-refractivity contribution < 1.29 is 0 Å². The number of aromatic nitrogens is 1. The van der Waals surface area contributed by atoms with Crippen molar-refractivity contribution in [3.05, 3.63) is 16.6 Å². The molecule has 3 heterocycles. The zero-order valence-electron chi connectivity index (χ0n) is 9.94. The Morgan fingerprint density at radius 3 is 2.62 bits per heavy atom. The molecule has 2 unspecified atom stereocenters. The van der Waals surface area contributed by atoms with Gasteiger partial charge in [-0.25, -0.2) is 4.98 Å². The fourth-order valence-electron chi connectivity index (χ4n) is 3.42. The van der Waals surface area contributed by atoms with Gasteiger partial charge in [0.25, 0.3) is 0 Å². The van der Waals surface area contributed by atoms with E-state index in [1.807, 2.05) is 6.20 Å². The topological polar surface area (TPSA) is 28.2 Å². The third kappa shape index (κ3) is 1.44. The van der Waals surface area contributed by atoms with Gasteiger partial charge in [-0.05, 0) is 39.8 Å². The van der Waals surface area contributed by atoms with Gasteiger partial charge >= 0.3 is 0 Å². The van der Waals surface area contributed by atoms with E-state index in [0.29, 0.717) is 0 Å². The van der Waals surface area contributed by atoms with Gasteiger partial charge in [-0.1, -0.05) is 0 Å². The van der Waals surface area contributed by atoms with E-state index in [-0.39, 0.29) is 5.54 Å². The zero-order valence-corrected chi connectivity index (χ0v) is 10.8. The van der Waals surface area contributed by atoms with Crippen LogP contribution in [-0.2, 0) is 5.54 Å². The van der Waals surface area contributed by atoms with Gasteiger partial charge < -0.3 is 10.2 Å². The lowest BCUT2D eigenvalue weighted by Crippen LogP contribution is -2.53. The molecule has 2 bridgehead atoms. The van der Waals surface area contributed by atoms with Gasteiger partial charge in [0.05, 0.1) is 5.54 Å². The molecule has 4 heteroatoms. The minimum atomic E-state index is 0.145. The van der Waals surface area contributed by atoms with E-state index in [1.54, 1.807) is 11.3 Å². The van der Waals surface area contributed by atoms with Gasteiger partial charge in [0.2, 0.25) is 0 Å². The minimum absolute atomic E-state index is 0.145. The van der Waals surface area contributed by atoms with Crippen LogP contribution >= 0.6 is 11.3 Å². The number of hydrogen-bond donors (Lipinski definition) is 1. The van der Waals surface area contributed by atoms with Crippen molar-refractivity contribution in [3.63, 3.8) is 0 Å². The van der Waals surface area contributed by atoms with Crippen LogP contribution < -0.4 is 5.32 Å². The van der Waals surface area contributed by atoms with Crippen LogP contribution in [0.3, 0.4) is 0 Å². The minimum Gasteiger partial charge on any atom is -0.308 e. The van der Waals surface area contributed by atoms with Crippen LogP contribution in [0.4, 0.5) is 0 Å². The summed E-state index contributed by atoms with van der Waals surface area (Å²) in [5.74, 6) is 0. The van der Waals surface area contributed by atoms with Crippen LogP contribution in [0.2, 0.25) is 0 Å². The van der Waals surface area contributed by atoms with E-state index in [9.17, 15) is 0 Å². The quantitative estimate of drug-likeness (QED) is 0.850. The van der Waals surface area contributed by atoms with Crippen molar-refractivity contribution in [3.8, 4) is 0 Å². The zero-order chi connectivity index (χ0) is 11.2. The molecule has 0 radical (unpaired) electrons. The van der Waals surface area contributed by atoms with Gasteiger partial charge in [0.15, 0.2) is 0 Å². The summed E-state index contributed by atoms with van der Waals surface area (Å²) in [6.45, 7) is 0. The lowest BCUT2D eigenvalue weighted by molar-refractivity contribution is 0.0938. The van der Waals surface area contributed by atoms with Crippen LogP contribution in [0, 0.1) is 0 Å². The van der Waals surface area contributed by atoms with E-state index in [0.717, 1.165) is 12.1 Å². The van der Waals surface area contributed by atoms with Crippen molar-refractivity contribution >= 4 is 11.3 Å². The van der Waals surface area contributed by atoms with Crippen LogP contribution in [0.1, 0.15) is 30.7 Å². The van der Waals surface area contributed by atoms with Crippen molar-refractivity contribution in [1.82, 2.24) is 15.2 Å². The molecule has 3 rings (SSSR count). The van der Waals surface area contributed by atoms with Gasteiger partial charge in [0.1, 0.15) is 5.01 Å². The van der Waals surface area contributed by atoms with E-state index in [2.05, 4.69) is 34.7 Å². The summed E-state index contributed by atoms with van der Waals surface area (Å²) in [6.07, 6.45) is 7.07. The largest absolute Gasteiger partial charge is 0.308 e. The number of hydrogen-bond acceptors (Lipinski definition) is 4. The first kappa shape index (κ1) is 10.7. The second-order valence-electron chi connectivity index (χ2n) is 5.13. The summed E-state index contributed by atoms with van der Waals surface area (Å²) < 4.78 is 0. The Morgan fingerprint density at radius 1 is 1.44 bits per heavy atom. The monoisotopic (exact) mass is 237 g/mol. The standard InChI is InChI=1S/C12H19N3S/c1-13-12(11-14-5-6-16-11)7-9-3-4-10(8-12)15(9)2/h5-6,9-10,13H,3-4,7-8H2,1-2H3. The van der Waals surface area contributed by atoms with E-state index in [4.69, 9.17) is 0 Å². The van der Waals surface area contributed by atoms with E-state index in [1.165, 1.54) is 30.7 Å². The highest BCUT2D eigenvalue weighted by Crippen LogP contribution is 2.45. The van der Waals surface area contributed by atoms with Gasteiger partial charge in [-0.15, -0.1) is 11.3 Å². The Morgan fingerprint density at radius 2 is 2.12 bits per heavy atom. The molecule has 16 heavy (non-hydrogen) atoms. The lowest BCUT2D eigenvalue weighted by atomic mass is 9.83. The molecule has 0 saturated carbocycles. The summed E-state index contributed by atoms with van der Waals surface area (Å²) in [5.41, 5.74) is 0.145. The Labute approximate surface area is 101 Å². The Kier molecular flexibility index (Phi) is 2.53. The first-order valence-electron chi connectivity index (χ1n) is 6.06. The first-order chi connectivity index (χ1) is 7.75. The molecule has 1 aromatic rings. The number of nitrogens with one attached hydrogen (secondary N) is 1. The average molecular weight is 237 g/mol. The molecule has 1 N–H and O–H groups in total. The molecule has 88 valence electrons. The molecular weight excluding hydrogens is 218 g/mol. The third-order valence-electron chi connectivity index (χ3n) is 4.47. The van der Waals surface area contributed by atoms with Crippen LogP contribution in [0.25, 0.3) is 0 Å². The van der Waals surface area contributed by atoms with Crippen molar-refractivity contribution in [2.75, 3.05) is 14.1 Å². The molecule has 2 atom stereocenters. The normalized spacial score (nSPS) is 39.1. The number of piperidine rings is 1. The SMILES string of the molecule is CNC1(c2nccs2)CC2CCC(C1)N2C. The number of thiazole rings is 1. The molecule has 0 spiro atoms. The summed E-state index contributed by atoms with van der Waals surface area (Å²) >= 11 is 1.79. The highest BCUT2D eigenvalue weighted by molar-refractivity contribution is 7.09. The molecule has 2 aliphatic rings. The predicted molar refractivity (Wildman–Crippen MR) is 66.7 cm³/mol. The van der Waals surface area contributed by atoms with Crippen molar-refractivity contribution in [1.29, 1.82) is 0 Å². The fourth-order valence-corrected chi connectivity index (χ4v) is 4.28. The third-order valence-corrected chi connectivity index (χ3v) is 5.45. The molecule has 0 aromatic carbocycles. The summed E-state index contributed by atoms with van der Waals surface area (Å²) in [6, 6.07) is 1.49. The maximum atomic E-state index is 4.54. The van der Waals surface area contributed by atoms with Crippen LogP contribution in [0.15, 0.2) is 11.6 Å². The summed E-state index contributed by atoms with van der Waals surface area (Å²) in [4.78, 5) is 7.11. The van der Waals surface area contributed by atoms with Crippen molar-refractivity contribution in [2.24, 2.45) is 0 Å². The second kappa shape index (κ2) is 3.79. The maximum Gasteiger partial charge on any atom is 0.113 e. The van der Waals surface area contributed by atoms with E-state index < -0.39 is 0 Å². The number of rotatable bonds is 2. The summed E-state index contributed by atoms with van der Waals surface area (Å²) in [5, 5.41) is 6.93. The lowest BCUT2D eigenvalue weighted by Gasteiger charge is -2.44. The van der Waals surface area contributed by atoms with Crippen molar-refractivity contribution in [2.45, 2.75) is 43.3 Å². The number of nitrogens with zero attached hydrogens (tertiary/aromatic N) is 2. The molecule has 0 aliphatic carbocycles. The van der Waals surface area contributed by atoms with Gasteiger partial charge in [0, 0.05) is 23.7 Å². The molecule has 1 aromatic heterocycles. The number of fused-ring (bicyclic) bond motifs is 2. The molecule has 2 saturated heterocycles. The van der Waals surface area contributed by atoms with Gasteiger partial charge in [-0.3, -0.25) is 0 Å². The highest BCUT2D eigenvalue weighted by Gasteiger charge is 2.48. The van der Waals surface area contributed by atoms with Crippen LogP contribution in [0.5, 0.6) is 0 Å². The molecule has 0 amide bonds. The Hall–Kier alpha value is -0.450. The fraction of sp³-hybridized carbons (Fsp3) is 0.750. The maximum absolute atomic E-state index is 4.54. The average Bonchev–Trinajstić information content (AvgIpc) is 2.88. The molecule has 2 fully saturated rings. The Balaban J connectivity index is 1.93. The highest BCUT2D eigenvalue weighted by atomic mass is 32.1. The van der Waals surface area contributed by atoms with Crippen LogP contribution in [-0.4, -0.2) is 36.1 Å². The molecule has 2 aliphatic heterocycles.